The van der Waals surface area contributed by atoms with Crippen molar-refractivity contribution < 1.29 is 18.7 Å². The van der Waals surface area contributed by atoms with Crippen molar-refractivity contribution in [3.8, 4) is 0 Å². The second kappa shape index (κ2) is 9.42. The summed E-state index contributed by atoms with van der Waals surface area (Å²) in [6, 6.07) is 2.83. The van der Waals surface area contributed by atoms with Crippen LogP contribution >= 0.6 is 27.7 Å². The SMILES string of the molecule is CCOC(=O)C(Sc1cc(NC(=O)C(C)C)c(F)cc1Br)C(C)C. The quantitative estimate of drug-likeness (QED) is 0.506. The van der Waals surface area contributed by atoms with Gasteiger partial charge in [0.1, 0.15) is 11.1 Å². The molecule has 134 valence electrons. The first-order valence-corrected chi connectivity index (χ1v) is 9.47. The fourth-order valence-electron chi connectivity index (χ4n) is 1.81. The molecule has 0 heterocycles. The highest BCUT2D eigenvalue weighted by atomic mass is 79.9. The van der Waals surface area contributed by atoms with E-state index in [4.69, 9.17) is 4.74 Å². The van der Waals surface area contributed by atoms with Crippen LogP contribution < -0.4 is 5.32 Å². The van der Waals surface area contributed by atoms with E-state index >= 15 is 0 Å². The van der Waals surface area contributed by atoms with Crippen LogP contribution in [0.25, 0.3) is 0 Å². The molecule has 0 spiro atoms. The summed E-state index contributed by atoms with van der Waals surface area (Å²) in [6.45, 7) is 9.38. The van der Waals surface area contributed by atoms with Crippen molar-refractivity contribution in [2.45, 2.75) is 44.8 Å². The molecule has 24 heavy (non-hydrogen) atoms. The molecule has 1 N–H and O–H groups in total. The van der Waals surface area contributed by atoms with Crippen LogP contribution in [0.3, 0.4) is 0 Å². The maximum atomic E-state index is 14.1. The Morgan fingerprint density at radius 1 is 1.29 bits per heavy atom. The van der Waals surface area contributed by atoms with Gasteiger partial charge in [-0.2, -0.15) is 0 Å². The van der Waals surface area contributed by atoms with Gasteiger partial charge in [0.2, 0.25) is 5.91 Å². The van der Waals surface area contributed by atoms with Crippen LogP contribution in [0.4, 0.5) is 10.1 Å². The molecule has 1 amide bonds. The Balaban J connectivity index is 3.09. The third kappa shape index (κ3) is 5.77. The van der Waals surface area contributed by atoms with E-state index in [9.17, 15) is 14.0 Å². The number of halogens is 2. The normalized spacial score (nSPS) is 12.4. The Bertz CT molecular complexity index is 608. The van der Waals surface area contributed by atoms with Crippen LogP contribution in [0.2, 0.25) is 0 Å². The van der Waals surface area contributed by atoms with Crippen molar-refractivity contribution in [3.63, 3.8) is 0 Å². The van der Waals surface area contributed by atoms with Crippen LogP contribution in [-0.2, 0) is 14.3 Å². The Labute approximate surface area is 155 Å². The fraction of sp³-hybridized carbons (Fsp3) is 0.529. The average molecular weight is 420 g/mol. The summed E-state index contributed by atoms with van der Waals surface area (Å²) < 4.78 is 19.7. The van der Waals surface area contributed by atoms with Crippen LogP contribution in [0.5, 0.6) is 0 Å². The molecule has 0 saturated heterocycles. The molecule has 1 rings (SSSR count). The number of hydrogen-bond acceptors (Lipinski definition) is 4. The van der Waals surface area contributed by atoms with E-state index in [1.54, 1.807) is 26.8 Å². The van der Waals surface area contributed by atoms with Gasteiger partial charge in [-0.05, 0) is 40.9 Å². The first-order chi connectivity index (χ1) is 11.2. The standard InChI is InChI=1S/C17H23BrFNO3S/c1-6-23-17(22)15(9(2)3)24-14-8-13(12(19)7-11(14)18)20-16(21)10(4)5/h7-10,15H,6H2,1-5H3,(H,20,21). The van der Waals surface area contributed by atoms with Crippen molar-refractivity contribution >= 4 is 45.3 Å². The highest BCUT2D eigenvalue weighted by Crippen LogP contribution is 2.37. The van der Waals surface area contributed by atoms with E-state index in [1.165, 1.54) is 17.8 Å². The first-order valence-electron chi connectivity index (χ1n) is 7.80. The number of esters is 1. The molecule has 0 fully saturated rings. The second-order valence-electron chi connectivity index (χ2n) is 5.94. The number of ether oxygens (including phenoxy) is 1. The van der Waals surface area contributed by atoms with Gasteiger partial charge in [-0.25, -0.2) is 4.39 Å². The number of nitrogens with one attached hydrogen (secondary N) is 1. The molecular formula is C17H23BrFNO3S. The smallest absolute Gasteiger partial charge is 0.319 e. The number of amides is 1. The molecule has 0 aliphatic rings. The Morgan fingerprint density at radius 3 is 2.42 bits per heavy atom. The molecule has 1 unspecified atom stereocenters. The Morgan fingerprint density at radius 2 is 1.92 bits per heavy atom. The molecule has 0 radical (unpaired) electrons. The largest absolute Gasteiger partial charge is 0.465 e. The van der Waals surface area contributed by atoms with Gasteiger partial charge in [0, 0.05) is 15.3 Å². The Kier molecular flexibility index (Phi) is 8.22. The molecule has 1 atom stereocenters. The third-order valence-electron chi connectivity index (χ3n) is 3.18. The van der Waals surface area contributed by atoms with Gasteiger partial charge in [-0.3, -0.25) is 9.59 Å². The summed E-state index contributed by atoms with van der Waals surface area (Å²) in [5.41, 5.74) is 0.103. The molecule has 4 nitrogen and oxygen atoms in total. The summed E-state index contributed by atoms with van der Waals surface area (Å²) in [5, 5.41) is 2.15. The van der Waals surface area contributed by atoms with Gasteiger partial charge in [-0.1, -0.05) is 27.7 Å². The van der Waals surface area contributed by atoms with E-state index < -0.39 is 11.1 Å². The van der Waals surface area contributed by atoms with Crippen molar-refractivity contribution in [3.05, 3.63) is 22.4 Å². The number of benzene rings is 1. The number of carbonyl (C=O) groups excluding carboxylic acids is 2. The zero-order valence-electron chi connectivity index (χ0n) is 14.5. The molecule has 0 bridgehead atoms. The molecule has 0 saturated carbocycles. The number of carbonyl (C=O) groups is 2. The minimum atomic E-state index is -0.530. The zero-order valence-corrected chi connectivity index (χ0v) is 16.9. The minimum absolute atomic E-state index is 0.0414. The lowest BCUT2D eigenvalue weighted by molar-refractivity contribution is -0.143. The van der Waals surface area contributed by atoms with Crippen LogP contribution in [-0.4, -0.2) is 23.7 Å². The van der Waals surface area contributed by atoms with Gasteiger partial charge < -0.3 is 10.1 Å². The number of rotatable bonds is 7. The van der Waals surface area contributed by atoms with Gasteiger partial charge in [-0.15, -0.1) is 11.8 Å². The lowest BCUT2D eigenvalue weighted by Gasteiger charge is -2.20. The van der Waals surface area contributed by atoms with Gasteiger partial charge in [0.25, 0.3) is 0 Å². The van der Waals surface area contributed by atoms with Crippen molar-refractivity contribution in [1.29, 1.82) is 0 Å². The molecule has 0 aromatic heterocycles. The van der Waals surface area contributed by atoms with E-state index in [0.29, 0.717) is 16.0 Å². The monoisotopic (exact) mass is 419 g/mol. The lowest BCUT2D eigenvalue weighted by atomic mass is 10.1. The zero-order chi connectivity index (χ0) is 18.4. The fourth-order valence-corrected chi connectivity index (χ4v) is 3.47. The van der Waals surface area contributed by atoms with E-state index in [2.05, 4.69) is 21.2 Å². The lowest BCUT2D eigenvalue weighted by Crippen LogP contribution is -2.25. The maximum absolute atomic E-state index is 14.1. The highest BCUT2D eigenvalue weighted by molar-refractivity contribution is 9.10. The summed E-state index contributed by atoms with van der Waals surface area (Å²) in [5.74, 6) is -1.32. The van der Waals surface area contributed by atoms with E-state index in [1.807, 2.05) is 13.8 Å². The van der Waals surface area contributed by atoms with Gasteiger partial charge in [0.15, 0.2) is 0 Å². The average Bonchev–Trinajstić information content (AvgIpc) is 2.48. The van der Waals surface area contributed by atoms with Crippen molar-refractivity contribution in [1.82, 2.24) is 0 Å². The van der Waals surface area contributed by atoms with Crippen LogP contribution in [0, 0.1) is 17.7 Å². The van der Waals surface area contributed by atoms with Crippen molar-refractivity contribution in [2.24, 2.45) is 11.8 Å². The van der Waals surface area contributed by atoms with Crippen LogP contribution in [0.15, 0.2) is 21.5 Å². The summed E-state index contributed by atoms with van der Waals surface area (Å²) in [6.07, 6.45) is 0. The van der Waals surface area contributed by atoms with E-state index in [0.717, 1.165) is 0 Å². The predicted molar refractivity (Wildman–Crippen MR) is 98.7 cm³/mol. The van der Waals surface area contributed by atoms with Gasteiger partial charge >= 0.3 is 5.97 Å². The molecule has 1 aromatic carbocycles. The van der Waals surface area contributed by atoms with Crippen LogP contribution in [0.1, 0.15) is 34.6 Å². The molecule has 0 aliphatic heterocycles. The molecule has 7 heteroatoms. The summed E-state index contributed by atoms with van der Waals surface area (Å²) in [7, 11) is 0. The Hall–Kier alpha value is -1.08. The summed E-state index contributed by atoms with van der Waals surface area (Å²) >= 11 is 4.61. The molecule has 1 aromatic rings. The molecular weight excluding hydrogens is 397 g/mol. The third-order valence-corrected chi connectivity index (χ3v) is 5.68. The predicted octanol–water partition coefficient (Wildman–Crippen LogP) is 4.86. The topological polar surface area (TPSA) is 55.4 Å². The number of anilines is 1. The van der Waals surface area contributed by atoms with Crippen molar-refractivity contribution in [2.75, 3.05) is 11.9 Å². The number of thioether (sulfide) groups is 1. The van der Waals surface area contributed by atoms with E-state index in [-0.39, 0.29) is 29.4 Å². The summed E-state index contributed by atoms with van der Waals surface area (Å²) in [4.78, 5) is 24.6. The molecule has 0 aliphatic carbocycles. The minimum Gasteiger partial charge on any atom is -0.465 e. The van der Waals surface area contributed by atoms with Gasteiger partial charge in [0.05, 0.1) is 12.3 Å². The number of hydrogen-bond donors (Lipinski definition) is 1. The maximum Gasteiger partial charge on any atom is 0.319 e. The highest BCUT2D eigenvalue weighted by Gasteiger charge is 2.26. The second-order valence-corrected chi connectivity index (χ2v) is 7.98. The first kappa shape index (κ1) is 21.0.